The fourth-order valence-electron chi connectivity index (χ4n) is 3.42. The number of likely N-dealkylation sites (tertiary alicyclic amines) is 1. The molecule has 6 nitrogen and oxygen atoms in total. The third-order valence-corrected chi connectivity index (χ3v) is 6.42. The zero-order valence-corrected chi connectivity index (χ0v) is 17.6. The van der Waals surface area contributed by atoms with E-state index in [1.165, 1.54) is 45.2 Å². The van der Waals surface area contributed by atoms with E-state index in [1.54, 1.807) is 30.6 Å². The zero-order chi connectivity index (χ0) is 20.0. The highest BCUT2D eigenvalue weighted by atomic mass is 32.2. The smallest absolute Gasteiger partial charge is 0.222 e. The minimum atomic E-state index is -3.23. The van der Waals surface area contributed by atoms with Gasteiger partial charge in [0.05, 0.1) is 4.90 Å². The van der Waals surface area contributed by atoms with Crippen molar-refractivity contribution >= 4 is 15.8 Å². The molecule has 0 atom stereocenters. The van der Waals surface area contributed by atoms with Gasteiger partial charge in [0.2, 0.25) is 5.95 Å². The first-order valence-corrected chi connectivity index (χ1v) is 11.9. The standard InChI is InChI=1S/C21H30N4O2S/c1-17-8-12-25(13-9-17)11-4-3-10-22-21-23-15-19(16-24-21)18-6-5-7-20(14-18)28(2,26)27/h5-7,14-17H,3-4,8-13H2,1-2H3,(H,22,23,24). The molecule has 0 spiro atoms. The molecule has 0 aliphatic carbocycles. The predicted octanol–water partition coefficient (Wildman–Crippen LogP) is 3.47. The molecule has 1 saturated heterocycles. The SMILES string of the molecule is CC1CCN(CCCCNc2ncc(-c3cccc(S(C)(=O)=O)c3)cn2)CC1. The van der Waals surface area contributed by atoms with Gasteiger partial charge in [-0.3, -0.25) is 0 Å². The lowest BCUT2D eigenvalue weighted by Crippen LogP contribution is -2.33. The van der Waals surface area contributed by atoms with Crippen molar-refractivity contribution in [2.24, 2.45) is 5.92 Å². The molecule has 7 heteroatoms. The number of benzene rings is 1. The normalized spacial score (nSPS) is 16.2. The number of sulfone groups is 1. The number of rotatable bonds is 8. The van der Waals surface area contributed by atoms with Gasteiger partial charge in [-0.15, -0.1) is 0 Å². The third kappa shape index (κ3) is 6.01. The highest BCUT2D eigenvalue weighted by Crippen LogP contribution is 2.22. The maximum atomic E-state index is 11.7. The van der Waals surface area contributed by atoms with Crippen LogP contribution in [0.5, 0.6) is 0 Å². The first kappa shape index (κ1) is 20.7. The Bertz CT molecular complexity index is 860. The van der Waals surface area contributed by atoms with Crippen molar-refractivity contribution in [3.63, 3.8) is 0 Å². The van der Waals surface area contributed by atoms with Crippen molar-refractivity contribution in [3.8, 4) is 11.1 Å². The van der Waals surface area contributed by atoms with E-state index >= 15 is 0 Å². The molecule has 0 amide bonds. The monoisotopic (exact) mass is 402 g/mol. The van der Waals surface area contributed by atoms with Crippen LogP contribution in [0.25, 0.3) is 11.1 Å². The highest BCUT2D eigenvalue weighted by molar-refractivity contribution is 7.90. The third-order valence-electron chi connectivity index (χ3n) is 5.31. The minimum absolute atomic E-state index is 0.301. The number of aromatic nitrogens is 2. The Balaban J connectivity index is 1.45. The van der Waals surface area contributed by atoms with Gasteiger partial charge in [-0.1, -0.05) is 19.1 Å². The number of nitrogens with one attached hydrogen (secondary N) is 1. The lowest BCUT2D eigenvalue weighted by molar-refractivity contribution is 0.190. The molecule has 0 unspecified atom stereocenters. The quantitative estimate of drug-likeness (QED) is 0.682. The van der Waals surface area contributed by atoms with Crippen LogP contribution in [0.15, 0.2) is 41.6 Å². The van der Waals surface area contributed by atoms with Gasteiger partial charge in [-0.2, -0.15) is 0 Å². The summed E-state index contributed by atoms with van der Waals surface area (Å²) in [5.74, 6) is 1.49. The summed E-state index contributed by atoms with van der Waals surface area (Å²) in [4.78, 5) is 11.6. The summed E-state index contributed by atoms with van der Waals surface area (Å²) in [6, 6.07) is 6.85. The van der Waals surface area contributed by atoms with Crippen LogP contribution in [0.2, 0.25) is 0 Å². The van der Waals surface area contributed by atoms with Crippen LogP contribution in [-0.4, -0.2) is 55.7 Å². The average Bonchev–Trinajstić information content (AvgIpc) is 2.69. The van der Waals surface area contributed by atoms with Crippen LogP contribution in [0.4, 0.5) is 5.95 Å². The van der Waals surface area contributed by atoms with E-state index in [0.717, 1.165) is 30.0 Å². The van der Waals surface area contributed by atoms with Crippen LogP contribution >= 0.6 is 0 Å². The van der Waals surface area contributed by atoms with E-state index in [0.29, 0.717) is 10.8 Å². The van der Waals surface area contributed by atoms with Crippen LogP contribution in [0, 0.1) is 5.92 Å². The van der Waals surface area contributed by atoms with Gasteiger partial charge in [0, 0.05) is 30.8 Å². The second kappa shape index (κ2) is 9.47. The number of piperidine rings is 1. The molecule has 1 aromatic heterocycles. The van der Waals surface area contributed by atoms with E-state index in [4.69, 9.17) is 0 Å². The van der Waals surface area contributed by atoms with Gasteiger partial charge >= 0.3 is 0 Å². The second-order valence-corrected chi connectivity index (χ2v) is 9.77. The molecule has 152 valence electrons. The van der Waals surface area contributed by atoms with Gasteiger partial charge in [0.15, 0.2) is 9.84 Å². The summed E-state index contributed by atoms with van der Waals surface area (Å²) in [7, 11) is -3.23. The largest absolute Gasteiger partial charge is 0.354 e. The number of hydrogen-bond acceptors (Lipinski definition) is 6. The number of hydrogen-bond donors (Lipinski definition) is 1. The maximum Gasteiger partial charge on any atom is 0.222 e. The topological polar surface area (TPSA) is 75.2 Å². The van der Waals surface area contributed by atoms with Gasteiger partial charge in [-0.25, -0.2) is 18.4 Å². The Labute approximate surface area is 168 Å². The molecule has 1 fully saturated rings. The Morgan fingerprint density at radius 2 is 1.82 bits per heavy atom. The number of anilines is 1. The Morgan fingerprint density at radius 1 is 1.11 bits per heavy atom. The summed E-state index contributed by atoms with van der Waals surface area (Å²) in [6.45, 7) is 6.84. The van der Waals surface area contributed by atoms with Gasteiger partial charge < -0.3 is 10.2 Å². The Kier molecular flexibility index (Phi) is 7.02. The van der Waals surface area contributed by atoms with Gasteiger partial charge in [0.1, 0.15) is 0 Å². The summed E-state index contributed by atoms with van der Waals surface area (Å²) >= 11 is 0. The molecule has 2 aromatic rings. The Hall–Kier alpha value is -1.99. The highest BCUT2D eigenvalue weighted by Gasteiger charge is 2.14. The molecule has 0 bridgehead atoms. The molecule has 1 N–H and O–H groups in total. The lowest BCUT2D eigenvalue weighted by atomic mass is 9.99. The summed E-state index contributed by atoms with van der Waals surface area (Å²) in [6.07, 6.45) is 9.58. The van der Waals surface area contributed by atoms with Crippen molar-refractivity contribution in [2.75, 3.05) is 37.8 Å². The molecule has 0 saturated carbocycles. The van der Waals surface area contributed by atoms with Gasteiger partial charge in [-0.05, 0) is 68.9 Å². The molecule has 3 rings (SSSR count). The van der Waals surface area contributed by atoms with Gasteiger partial charge in [0.25, 0.3) is 0 Å². The van der Waals surface area contributed by atoms with Crippen molar-refractivity contribution in [1.29, 1.82) is 0 Å². The first-order valence-electron chi connectivity index (χ1n) is 10.0. The van der Waals surface area contributed by atoms with Crippen molar-refractivity contribution < 1.29 is 8.42 Å². The Morgan fingerprint density at radius 3 is 2.50 bits per heavy atom. The zero-order valence-electron chi connectivity index (χ0n) is 16.8. The van der Waals surface area contributed by atoms with Crippen LogP contribution < -0.4 is 5.32 Å². The molecule has 28 heavy (non-hydrogen) atoms. The predicted molar refractivity (Wildman–Crippen MR) is 113 cm³/mol. The summed E-state index contributed by atoms with van der Waals surface area (Å²) in [5, 5.41) is 3.27. The maximum absolute atomic E-state index is 11.7. The fraction of sp³-hybridized carbons (Fsp3) is 0.524. The van der Waals surface area contributed by atoms with Crippen LogP contribution in [0.3, 0.4) is 0 Å². The molecular formula is C21H30N4O2S. The lowest BCUT2D eigenvalue weighted by Gasteiger charge is -2.30. The number of nitrogens with zero attached hydrogens (tertiary/aromatic N) is 3. The van der Waals surface area contributed by atoms with E-state index < -0.39 is 9.84 Å². The molecular weight excluding hydrogens is 372 g/mol. The minimum Gasteiger partial charge on any atom is -0.354 e. The van der Waals surface area contributed by atoms with E-state index in [-0.39, 0.29) is 0 Å². The second-order valence-electron chi connectivity index (χ2n) is 7.75. The molecule has 1 aliphatic rings. The summed E-state index contributed by atoms with van der Waals surface area (Å²) < 4.78 is 23.4. The van der Waals surface area contributed by atoms with Crippen molar-refractivity contribution in [2.45, 2.75) is 37.5 Å². The fourth-order valence-corrected chi connectivity index (χ4v) is 4.09. The van der Waals surface area contributed by atoms with E-state index in [9.17, 15) is 8.42 Å². The average molecular weight is 403 g/mol. The summed E-state index contributed by atoms with van der Waals surface area (Å²) in [5.41, 5.74) is 1.60. The first-order chi connectivity index (χ1) is 13.4. The number of unbranched alkanes of at least 4 members (excludes halogenated alkanes) is 1. The van der Waals surface area contributed by atoms with Crippen molar-refractivity contribution in [3.05, 3.63) is 36.7 Å². The molecule has 1 aliphatic heterocycles. The van der Waals surface area contributed by atoms with Crippen LogP contribution in [0.1, 0.15) is 32.6 Å². The molecule has 0 radical (unpaired) electrons. The van der Waals surface area contributed by atoms with E-state index in [2.05, 4.69) is 27.1 Å². The van der Waals surface area contributed by atoms with Crippen molar-refractivity contribution in [1.82, 2.24) is 14.9 Å². The molecule has 2 heterocycles. The van der Waals surface area contributed by atoms with E-state index in [1.807, 2.05) is 6.07 Å². The molecule has 1 aromatic carbocycles. The van der Waals surface area contributed by atoms with Crippen LogP contribution in [-0.2, 0) is 9.84 Å².